The molecule has 1 aromatic carbocycles. The second kappa shape index (κ2) is 5.81. The van der Waals surface area contributed by atoms with Crippen LogP contribution in [0.3, 0.4) is 0 Å². The first-order chi connectivity index (χ1) is 10.0. The topological polar surface area (TPSA) is 12.0 Å². The average Bonchev–Trinajstić information content (AvgIpc) is 2.99. The van der Waals surface area contributed by atoms with Gasteiger partial charge in [-0.05, 0) is 36.5 Å². The van der Waals surface area contributed by atoms with Crippen LogP contribution in [0.15, 0.2) is 36.4 Å². The van der Waals surface area contributed by atoms with Crippen molar-refractivity contribution in [3.63, 3.8) is 0 Å². The van der Waals surface area contributed by atoms with Gasteiger partial charge in [-0.15, -0.1) is 11.3 Å². The lowest BCUT2D eigenvalue weighted by Gasteiger charge is -2.21. The fourth-order valence-electron chi connectivity index (χ4n) is 2.75. The molecule has 112 valence electrons. The predicted octanol–water partition coefficient (Wildman–Crippen LogP) is 4.63. The highest BCUT2D eigenvalue weighted by atomic mass is 32.1. The van der Waals surface area contributed by atoms with Gasteiger partial charge in [0.15, 0.2) is 0 Å². The van der Waals surface area contributed by atoms with Crippen LogP contribution in [0, 0.1) is 0 Å². The number of nitrogens with one attached hydrogen (secondary N) is 1. The van der Waals surface area contributed by atoms with Gasteiger partial charge in [-0.1, -0.05) is 30.3 Å². The highest BCUT2D eigenvalue weighted by molar-refractivity contribution is 7.12. The van der Waals surface area contributed by atoms with E-state index < -0.39 is 12.2 Å². The average molecular weight is 311 g/mol. The fourth-order valence-corrected chi connectivity index (χ4v) is 3.96. The van der Waals surface area contributed by atoms with Crippen LogP contribution in [0.4, 0.5) is 13.2 Å². The summed E-state index contributed by atoms with van der Waals surface area (Å²) in [6, 6.07) is 8.46. The number of alkyl halides is 3. The molecule has 0 bridgehead atoms. The lowest BCUT2D eigenvalue weighted by molar-refractivity contribution is -0.158. The first-order valence-corrected chi connectivity index (χ1v) is 7.81. The molecule has 1 atom stereocenters. The second-order valence-corrected chi connectivity index (χ2v) is 6.50. The molecule has 0 aliphatic heterocycles. The minimum Gasteiger partial charge on any atom is -0.298 e. The third-order valence-corrected chi connectivity index (χ3v) is 4.98. The molecule has 21 heavy (non-hydrogen) atoms. The van der Waals surface area contributed by atoms with Gasteiger partial charge in [-0.25, -0.2) is 0 Å². The molecule has 1 aliphatic rings. The number of halogens is 3. The Morgan fingerprint density at radius 1 is 1.14 bits per heavy atom. The van der Waals surface area contributed by atoms with Crippen molar-refractivity contribution in [2.24, 2.45) is 0 Å². The van der Waals surface area contributed by atoms with Gasteiger partial charge in [0.2, 0.25) is 0 Å². The highest BCUT2D eigenvalue weighted by Gasteiger charge is 2.40. The summed E-state index contributed by atoms with van der Waals surface area (Å²) < 4.78 is 39.6. The van der Waals surface area contributed by atoms with E-state index in [9.17, 15) is 13.2 Å². The van der Waals surface area contributed by atoms with Gasteiger partial charge in [-0.3, -0.25) is 5.32 Å². The minimum atomic E-state index is -4.29. The first kappa shape index (κ1) is 14.6. The summed E-state index contributed by atoms with van der Waals surface area (Å²) in [7, 11) is 0. The summed E-state index contributed by atoms with van der Waals surface area (Å²) in [6.45, 7) is 0.261. The van der Waals surface area contributed by atoms with E-state index >= 15 is 0 Å². The summed E-state index contributed by atoms with van der Waals surface area (Å²) in [5.74, 6) is 0. The molecule has 2 aromatic rings. The Morgan fingerprint density at radius 3 is 2.57 bits per heavy atom. The maximum Gasteiger partial charge on any atom is 0.407 e. The molecule has 0 radical (unpaired) electrons. The molecule has 0 saturated carbocycles. The van der Waals surface area contributed by atoms with Crippen LogP contribution in [-0.4, -0.2) is 6.18 Å². The van der Waals surface area contributed by atoms with E-state index in [0.717, 1.165) is 17.7 Å². The van der Waals surface area contributed by atoms with Crippen molar-refractivity contribution in [2.75, 3.05) is 0 Å². The lowest BCUT2D eigenvalue weighted by Crippen LogP contribution is -2.33. The van der Waals surface area contributed by atoms with Crippen molar-refractivity contribution in [3.05, 3.63) is 57.3 Å². The molecule has 1 aromatic heterocycles. The Hall–Kier alpha value is -1.33. The molecule has 1 aliphatic carbocycles. The number of fused-ring (bicyclic) bond motifs is 1. The van der Waals surface area contributed by atoms with Crippen LogP contribution in [0.5, 0.6) is 0 Å². The Labute approximate surface area is 125 Å². The Balaban J connectivity index is 1.73. The Bertz CT molecular complexity index is 582. The Kier molecular flexibility index (Phi) is 4.04. The van der Waals surface area contributed by atoms with E-state index in [1.54, 1.807) is 29.5 Å². The summed E-state index contributed by atoms with van der Waals surface area (Å²) in [5.41, 5.74) is 1.58. The predicted molar refractivity (Wildman–Crippen MR) is 78.4 cm³/mol. The largest absolute Gasteiger partial charge is 0.407 e. The van der Waals surface area contributed by atoms with Crippen LogP contribution in [-0.2, 0) is 19.4 Å². The zero-order chi connectivity index (χ0) is 14.9. The standard InChI is InChI=1S/C16H16F3NS/c17-16(18,19)15(11-5-2-1-3-6-11)20-10-13-9-12-7-4-8-14(12)21-13/h1-3,5-6,9,15,20H,4,7-8,10H2. The number of rotatable bonds is 4. The second-order valence-electron chi connectivity index (χ2n) is 5.28. The third kappa shape index (κ3) is 3.30. The van der Waals surface area contributed by atoms with Crippen LogP contribution >= 0.6 is 11.3 Å². The van der Waals surface area contributed by atoms with Gasteiger partial charge in [0.05, 0.1) is 0 Å². The molecular formula is C16H16F3NS. The van der Waals surface area contributed by atoms with Crippen LogP contribution in [0.1, 0.15) is 33.3 Å². The normalized spacial score (nSPS) is 16.0. The van der Waals surface area contributed by atoms with Crippen molar-refractivity contribution >= 4 is 11.3 Å². The number of thiophene rings is 1. The first-order valence-electron chi connectivity index (χ1n) is 6.99. The quantitative estimate of drug-likeness (QED) is 0.868. The van der Waals surface area contributed by atoms with Gasteiger partial charge in [0.1, 0.15) is 6.04 Å². The van der Waals surface area contributed by atoms with E-state index in [1.165, 1.54) is 29.0 Å². The molecule has 0 saturated heterocycles. The molecule has 0 amide bonds. The highest BCUT2D eigenvalue weighted by Crippen LogP contribution is 2.34. The van der Waals surface area contributed by atoms with Crippen molar-refractivity contribution in [3.8, 4) is 0 Å². The van der Waals surface area contributed by atoms with Crippen LogP contribution in [0.2, 0.25) is 0 Å². The summed E-state index contributed by atoms with van der Waals surface area (Å²) in [4.78, 5) is 2.33. The summed E-state index contributed by atoms with van der Waals surface area (Å²) in [5, 5.41) is 2.67. The molecule has 0 fully saturated rings. The monoisotopic (exact) mass is 311 g/mol. The SMILES string of the molecule is FC(F)(F)C(NCc1cc2c(s1)CCC2)c1ccccc1. The molecule has 0 spiro atoms. The smallest absolute Gasteiger partial charge is 0.298 e. The van der Waals surface area contributed by atoms with Crippen molar-refractivity contribution in [1.82, 2.24) is 5.32 Å². The van der Waals surface area contributed by atoms with E-state index in [4.69, 9.17) is 0 Å². The van der Waals surface area contributed by atoms with Gasteiger partial charge in [0.25, 0.3) is 0 Å². The van der Waals surface area contributed by atoms with Crippen LogP contribution in [0.25, 0.3) is 0 Å². The van der Waals surface area contributed by atoms with E-state index in [-0.39, 0.29) is 12.1 Å². The fraction of sp³-hybridized carbons (Fsp3) is 0.375. The molecular weight excluding hydrogens is 295 g/mol. The third-order valence-electron chi connectivity index (χ3n) is 3.74. The number of hydrogen-bond acceptors (Lipinski definition) is 2. The van der Waals surface area contributed by atoms with Crippen molar-refractivity contribution in [2.45, 2.75) is 38.0 Å². The Morgan fingerprint density at radius 2 is 1.90 bits per heavy atom. The van der Waals surface area contributed by atoms with Crippen LogP contribution < -0.4 is 5.32 Å². The molecule has 1 nitrogen and oxygen atoms in total. The zero-order valence-corrected chi connectivity index (χ0v) is 12.2. The number of aryl methyl sites for hydroxylation is 2. The molecule has 1 unspecified atom stereocenters. The number of benzene rings is 1. The lowest BCUT2D eigenvalue weighted by atomic mass is 10.1. The molecule has 1 N–H and O–H groups in total. The van der Waals surface area contributed by atoms with Crippen molar-refractivity contribution in [1.29, 1.82) is 0 Å². The molecule has 3 rings (SSSR count). The van der Waals surface area contributed by atoms with E-state index in [0.29, 0.717) is 0 Å². The van der Waals surface area contributed by atoms with Gasteiger partial charge in [-0.2, -0.15) is 13.2 Å². The summed E-state index contributed by atoms with van der Waals surface area (Å²) >= 11 is 1.64. The van der Waals surface area contributed by atoms with E-state index in [2.05, 4.69) is 11.4 Å². The number of hydrogen-bond donors (Lipinski definition) is 1. The summed E-state index contributed by atoms with van der Waals surface area (Å²) in [6.07, 6.45) is -0.986. The molecule has 5 heteroatoms. The molecule has 1 heterocycles. The van der Waals surface area contributed by atoms with Crippen molar-refractivity contribution < 1.29 is 13.2 Å². The zero-order valence-electron chi connectivity index (χ0n) is 11.4. The minimum absolute atomic E-state index is 0.258. The van der Waals surface area contributed by atoms with Gasteiger partial charge < -0.3 is 0 Å². The maximum atomic E-state index is 13.2. The maximum absolute atomic E-state index is 13.2. The van der Waals surface area contributed by atoms with E-state index in [1.807, 2.05) is 0 Å². The van der Waals surface area contributed by atoms with Gasteiger partial charge in [0, 0.05) is 16.3 Å². The van der Waals surface area contributed by atoms with Gasteiger partial charge >= 0.3 is 6.18 Å².